The third kappa shape index (κ3) is 4.37. The summed E-state index contributed by atoms with van der Waals surface area (Å²) in [7, 11) is 0. The minimum atomic E-state index is -4.55. The van der Waals surface area contributed by atoms with Gasteiger partial charge in [-0.3, -0.25) is 4.79 Å². The van der Waals surface area contributed by atoms with Gasteiger partial charge in [-0.2, -0.15) is 13.2 Å². The molecule has 0 aromatic carbocycles. The van der Waals surface area contributed by atoms with Crippen LogP contribution in [0, 0.1) is 11.3 Å². The minimum absolute atomic E-state index is 0.0114. The molecule has 2 rings (SSSR count). The quantitative estimate of drug-likeness (QED) is 0.859. The van der Waals surface area contributed by atoms with E-state index >= 15 is 0 Å². The molecule has 1 fully saturated rings. The maximum atomic E-state index is 12.9. The summed E-state index contributed by atoms with van der Waals surface area (Å²) in [5, 5.41) is 6.11. The van der Waals surface area contributed by atoms with Gasteiger partial charge in [-0.1, -0.05) is 6.92 Å². The van der Waals surface area contributed by atoms with Crippen molar-refractivity contribution in [1.29, 1.82) is 0 Å². The first kappa shape index (κ1) is 18.5. The highest BCUT2D eigenvalue weighted by atomic mass is 19.4. The van der Waals surface area contributed by atoms with Crippen molar-refractivity contribution in [1.82, 2.24) is 15.6 Å². The van der Waals surface area contributed by atoms with Crippen molar-refractivity contribution < 1.29 is 22.7 Å². The number of aromatic nitrogens is 1. The van der Waals surface area contributed by atoms with E-state index in [0.717, 1.165) is 12.6 Å². The average molecular weight is 345 g/mol. The second-order valence-corrected chi connectivity index (χ2v) is 6.74. The van der Waals surface area contributed by atoms with Crippen molar-refractivity contribution in [2.24, 2.45) is 11.3 Å². The number of carbonyl (C=O) groups excluding carboxylic acids is 1. The molecule has 1 saturated heterocycles. The molecule has 2 N–H and O–H groups in total. The number of pyridine rings is 1. The highest BCUT2D eigenvalue weighted by Gasteiger charge is 2.37. The molecule has 0 aliphatic carbocycles. The first-order valence-electron chi connectivity index (χ1n) is 7.78. The molecule has 1 aliphatic heterocycles. The number of hydrogen-bond acceptors (Lipinski definition) is 4. The van der Waals surface area contributed by atoms with Crippen LogP contribution in [0.4, 0.5) is 13.2 Å². The van der Waals surface area contributed by atoms with Gasteiger partial charge in [-0.05, 0) is 38.4 Å². The van der Waals surface area contributed by atoms with Gasteiger partial charge in [0, 0.05) is 18.8 Å². The number of amides is 1. The second kappa shape index (κ2) is 6.96. The largest absolute Gasteiger partial charge is 0.476 e. The van der Waals surface area contributed by atoms with Gasteiger partial charge in [0.2, 0.25) is 11.8 Å². The number of halogens is 3. The molecule has 134 valence electrons. The summed E-state index contributed by atoms with van der Waals surface area (Å²) in [6.07, 6.45) is -3.33. The third-order valence-corrected chi connectivity index (χ3v) is 4.09. The lowest BCUT2D eigenvalue weighted by atomic mass is 9.92. The van der Waals surface area contributed by atoms with Gasteiger partial charge in [0.25, 0.3) is 0 Å². The number of rotatable bonds is 5. The summed E-state index contributed by atoms with van der Waals surface area (Å²) in [6.45, 7) is 6.59. The van der Waals surface area contributed by atoms with Gasteiger partial charge in [0.15, 0.2) is 0 Å². The van der Waals surface area contributed by atoms with E-state index in [-0.39, 0.29) is 18.6 Å². The first-order valence-corrected chi connectivity index (χ1v) is 7.78. The van der Waals surface area contributed by atoms with Crippen molar-refractivity contribution >= 4 is 5.91 Å². The van der Waals surface area contributed by atoms with Crippen LogP contribution in [0.15, 0.2) is 18.3 Å². The SMILES string of the molecule is CC1CNCC1NC(=O)C(C)(C)COc1ncccc1C(F)(F)F. The van der Waals surface area contributed by atoms with Crippen LogP contribution in [-0.4, -0.2) is 36.6 Å². The molecule has 1 aromatic heterocycles. The van der Waals surface area contributed by atoms with Crippen molar-refractivity contribution in [3.63, 3.8) is 0 Å². The van der Waals surface area contributed by atoms with E-state index in [1.54, 1.807) is 13.8 Å². The molecular formula is C16H22F3N3O2. The molecule has 0 spiro atoms. The van der Waals surface area contributed by atoms with Crippen molar-refractivity contribution in [2.45, 2.75) is 33.0 Å². The predicted octanol–water partition coefficient (Wildman–Crippen LogP) is 2.23. The Morgan fingerprint density at radius 2 is 2.12 bits per heavy atom. The fraction of sp³-hybridized carbons (Fsp3) is 0.625. The fourth-order valence-electron chi connectivity index (χ4n) is 2.40. The van der Waals surface area contributed by atoms with Crippen LogP contribution in [0.1, 0.15) is 26.3 Å². The van der Waals surface area contributed by atoms with Crippen LogP contribution in [0.25, 0.3) is 0 Å². The Hall–Kier alpha value is -1.83. The number of ether oxygens (including phenoxy) is 1. The van der Waals surface area contributed by atoms with Gasteiger partial charge in [-0.15, -0.1) is 0 Å². The summed E-state index contributed by atoms with van der Waals surface area (Å²) in [5.74, 6) is -0.465. The van der Waals surface area contributed by atoms with Crippen LogP contribution in [0.2, 0.25) is 0 Å². The number of carbonyl (C=O) groups is 1. The zero-order valence-corrected chi connectivity index (χ0v) is 13.9. The lowest BCUT2D eigenvalue weighted by Gasteiger charge is -2.27. The van der Waals surface area contributed by atoms with Gasteiger partial charge >= 0.3 is 6.18 Å². The summed E-state index contributed by atoms with van der Waals surface area (Å²) >= 11 is 0. The molecule has 5 nitrogen and oxygen atoms in total. The molecule has 8 heteroatoms. The molecular weight excluding hydrogens is 323 g/mol. The van der Waals surface area contributed by atoms with Gasteiger partial charge in [-0.25, -0.2) is 4.98 Å². The lowest BCUT2D eigenvalue weighted by molar-refractivity contribution is -0.139. The molecule has 1 amide bonds. The third-order valence-electron chi connectivity index (χ3n) is 4.09. The topological polar surface area (TPSA) is 63.2 Å². The van der Waals surface area contributed by atoms with E-state index in [9.17, 15) is 18.0 Å². The highest BCUT2D eigenvalue weighted by Crippen LogP contribution is 2.35. The molecule has 2 atom stereocenters. The van der Waals surface area contributed by atoms with E-state index in [1.165, 1.54) is 12.3 Å². The Bertz CT molecular complexity index is 590. The van der Waals surface area contributed by atoms with E-state index in [1.807, 2.05) is 6.92 Å². The standard InChI is InChI=1S/C16H22F3N3O2/c1-10-7-20-8-12(10)22-14(23)15(2,3)9-24-13-11(16(17,18)19)5-4-6-21-13/h4-6,10,12,20H,7-9H2,1-3H3,(H,22,23). The molecule has 1 aromatic rings. The molecule has 2 unspecified atom stereocenters. The number of nitrogens with one attached hydrogen (secondary N) is 2. The van der Waals surface area contributed by atoms with Crippen LogP contribution >= 0.6 is 0 Å². The van der Waals surface area contributed by atoms with Crippen molar-refractivity contribution in [2.75, 3.05) is 19.7 Å². The van der Waals surface area contributed by atoms with Crippen molar-refractivity contribution in [3.8, 4) is 5.88 Å². The van der Waals surface area contributed by atoms with Crippen LogP contribution < -0.4 is 15.4 Å². The van der Waals surface area contributed by atoms with Crippen LogP contribution in [0.3, 0.4) is 0 Å². The average Bonchev–Trinajstić information content (AvgIpc) is 2.90. The van der Waals surface area contributed by atoms with Crippen LogP contribution in [-0.2, 0) is 11.0 Å². The molecule has 0 radical (unpaired) electrons. The Morgan fingerprint density at radius 3 is 2.71 bits per heavy atom. The number of hydrogen-bond donors (Lipinski definition) is 2. The van der Waals surface area contributed by atoms with E-state index in [0.29, 0.717) is 12.5 Å². The molecule has 24 heavy (non-hydrogen) atoms. The smallest absolute Gasteiger partial charge is 0.421 e. The Labute approximate surface area is 139 Å². The first-order chi connectivity index (χ1) is 11.1. The van der Waals surface area contributed by atoms with E-state index < -0.39 is 23.0 Å². The Morgan fingerprint density at radius 1 is 1.42 bits per heavy atom. The maximum absolute atomic E-state index is 12.9. The highest BCUT2D eigenvalue weighted by molar-refractivity contribution is 5.82. The molecule has 2 heterocycles. The zero-order chi connectivity index (χ0) is 18.0. The Balaban J connectivity index is 2.01. The zero-order valence-electron chi connectivity index (χ0n) is 13.9. The minimum Gasteiger partial charge on any atom is -0.476 e. The summed E-state index contributed by atoms with van der Waals surface area (Å²) < 4.78 is 44.0. The molecule has 0 bridgehead atoms. The van der Waals surface area contributed by atoms with Crippen molar-refractivity contribution in [3.05, 3.63) is 23.9 Å². The van der Waals surface area contributed by atoms with E-state index in [4.69, 9.17) is 4.74 Å². The molecule has 0 saturated carbocycles. The van der Waals surface area contributed by atoms with Gasteiger partial charge < -0.3 is 15.4 Å². The normalized spacial score (nSPS) is 21.6. The fourth-order valence-corrected chi connectivity index (χ4v) is 2.40. The van der Waals surface area contributed by atoms with Crippen LogP contribution in [0.5, 0.6) is 5.88 Å². The number of alkyl halides is 3. The van der Waals surface area contributed by atoms with Gasteiger partial charge in [0.1, 0.15) is 12.2 Å². The monoisotopic (exact) mass is 345 g/mol. The molecule has 1 aliphatic rings. The summed E-state index contributed by atoms with van der Waals surface area (Å²) in [6, 6.07) is 2.11. The summed E-state index contributed by atoms with van der Waals surface area (Å²) in [4.78, 5) is 16.0. The number of nitrogens with zero attached hydrogens (tertiary/aromatic N) is 1. The lowest BCUT2D eigenvalue weighted by Crippen LogP contribution is -2.48. The predicted molar refractivity (Wildman–Crippen MR) is 82.5 cm³/mol. The Kier molecular flexibility index (Phi) is 5.37. The second-order valence-electron chi connectivity index (χ2n) is 6.74. The maximum Gasteiger partial charge on any atom is 0.421 e. The van der Waals surface area contributed by atoms with Gasteiger partial charge in [0.05, 0.1) is 5.41 Å². The van der Waals surface area contributed by atoms with E-state index in [2.05, 4.69) is 15.6 Å². The summed E-state index contributed by atoms with van der Waals surface area (Å²) in [5.41, 5.74) is -1.93.